The number of aromatic nitrogens is 1. The predicted molar refractivity (Wildman–Crippen MR) is 95.9 cm³/mol. The van der Waals surface area contributed by atoms with Gasteiger partial charge in [0.05, 0.1) is 22.7 Å². The van der Waals surface area contributed by atoms with Crippen molar-refractivity contribution in [3.8, 4) is 0 Å². The summed E-state index contributed by atoms with van der Waals surface area (Å²) in [6.07, 6.45) is 0.982. The molecular weight excluding hydrogens is 340 g/mol. The van der Waals surface area contributed by atoms with Gasteiger partial charge in [-0.3, -0.25) is 19.9 Å². The standard InChI is InChI=1S/C17H26N2O5Si/c1-11-16(24-25(5,6)17(2,3)4)14(20)9-15(23-11)12-7-8-18-10-13(12)19(21)22/h7-8,10-11,15-16H,9H2,1-6H3/t11-,15-,16-/m1/s1. The molecule has 2 heterocycles. The van der Waals surface area contributed by atoms with Crippen molar-refractivity contribution in [1.29, 1.82) is 0 Å². The number of ether oxygens (including phenoxy) is 1. The Labute approximate surface area is 149 Å². The number of carbonyl (C=O) groups is 1. The van der Waals surface area contributed by atoms with Crippen LogP contribution < -0.4 is 0 Å². The van der Waals surface area contributed by atoms with Gasteiger partial charge in [0, 0.05) is 12.6 Å². The van der Waals surface area contributed by atoms with Crippen LogP contribution in [0.25, 0.3) is 0 Å². The summed E-state index contributed by atoms with van der Waals surface area (Å²) in [7, 11) is -2.13. The molecule has 1 aliphatic heterocycles. The maximum Gasteiger partial charge on any atom is 0.293 e. The van der Waals surface area contributed by atoms with Gasteiger partial charge in [-0.15, -0.1) is 0 Å². The first-order valence-electron chi connectivity index (χ1n) is 8.38. The summed E-state index contributed by atoms with van der Waals surface area (Å²) >= 11 is 0. The van der Waals surface area contributed by atoms with Crippen LogP contribution in [0.5, 0.6) is 0 Å². The van der Waals surface area contributed by atoms with Gasteiger partial charge in [-0.05, 0) is 31.1 Å². The lowest BCUT2D eigenvalue weighted by Crippen LogP contribution is -2.52. The SMILES string of the molecule is C[C@H]1O[C@@H](c2ccncc2[N+](=O)[O-])CC(=O)[C@@H]1O[Si](C)(C)C(C)(C)C. The topological polar surface area (TPSA) is 91.6 Å². The summed E-state index contributed by atoms with van der Waals surface area (Å²) < 4.78 is 12.2. The fourth-order valence-electron chi connectivity index (χ4n) is 2.60. The summed E-state index contributed by atoms with van der Waals surface area (Å²) in [6, 6.07) is 1.54. The molecule has 0 spiro atoms. The zero-order valence-corrected chi connectivity index (χ0v) is 16.6. The van der Waals surface area contributed by atoms with Gasteiger partial charge < -0.3 is 9.16 Å². The normalized spacial score (nSPS) is 25.0. The van der Waals surface area contributed by atoms with Crippen molar-refractivity contribution in [2.75, 3.05) is 0 Å². The Hall–Kier alpha value is -1.64. The molecule has 0 amide bonds. The number of nitrogens with zero attached hydrogens (tertiary/aromatic N) is 2. The van der Waals surface area contributed by atoms with Crippen LogP contribution in [-0.4, -0.2) is 36.2 Å². The summed E-state index contributed by atoms with van der Waals surface area (Å²) in [5, 5.41) is 11.2. The fraction of sp³-hybridized carbons (Fsp3) is 0.647. The highest BCUT2D eigenvalue weighted by Crippen LogP contribution is 2.40. The lowest BCUT2D eigenvalue weighted by atomic mass is 9.95. The van der Waals surface area contributed by atoms with E-state index in [2.05, 4.69) is 38.8 Å². The Kier molecular flexibility index (Phi) is 5.46. The molecule has 0 aromatic carbocycles. The van der Waals surface area contributed by atoms with Crippen LogP contribution in [0.3, 0.4) is 0 Å². The van der Waals surface area contributed by atoms with Crippen molar-refractivity contribution >= 4 is 19.8 Å². The van der Waals surface area contributed by atoms with Gasteiger partial charge in [0.15, 0.2) is 14.1 Å². The molecule has 3 atom stereocenters. The molecule has 8 heteroatoms. The van der Waals surface area contributed by atoms with E-state index < -0.39 is 31.6 Å². The van der Waals surface area contributed by atoms with E-state index in [1.165, 1.54) is 18.5 Å². The average Bonchev–Trinajstić information content (AvgIpc) is 2.49. The predicted octanol–water partition coefficient (Wildman–Crippen LogP) is 3.80. The molecule has 0 aliphatic carbocycles. The van der Waals surface area contributed by atoms with Gasteiger partial charge in [0.25, 0.3) is 5.69 Å². The minimum Gasteiger partial charge on any atom is -0.404 e. The maximum absolute atomic E-state index is 12.7. The zero-order chi connectivity index (χ0) is 19.0. The Morgan fingerprint density at radius 2 is 2.04 bits per heavy atom. The molecule has 0 bridgehead atoms. The molecule has 7 nitrogen and oxygen atoms in total. The van der Waals surface area contributed by atoms with Crippen molar-refractivity contribution < 1.29 is 18.9 Å². The van der Waals surface area contributed by atoms with Crippen molar-refractivity contribution in [2.45, 2.75) is 70.6 Å². The van der Waals surface area contributed by atoms with Crippen molar-refractivity contribution in [2.24, 2.45) is 0 Å². The van der Waals surface area contributed by atoms with Crippen molar-refractivity contribution in [3.05, 3.63) is 34.1 Å². The third kappa shape index (κ3) is 4.13. The monoisotopic (exact) mass is 366 g/mol. The van der Waals surface area contributed by atoms with Crippen LogP contribution in [0.1, 0.15) is 45.8 Å². The van der Waals surface area contributed by atoms with Crippen LogP contribution in [0, 0.1) is 10.1 Å². The van der Waals surface area contributed by atoms with Gasteiger partial charge in [0.2, 0.25) is 0 Å². The molecule has 0 saturated carbocycles. The molecule has 0 radical (unpaired) electrons. The zero-order valence-electron chi connectivity index (χ0n) is 15.6. The lowest BCUT2D eigenvalue weighted by Gasteiger charge is -2.42. The Morgan fingerprint density at radius 1 is 1.40 bits per heavy atom. The fourth-order valence-corrected chi connectivity index (χ4v) is 3.91. The van der Waals surface area contributed by atoms with E-state index in [0.717, 1.165) is 0 Å². The smallest absolute Gasteiger partial charge is 0.293 e. The highest BCUT2D eigenvalue weighted by Gasteiger charge is 2.45. The number of rotatable bonds is 4. The average molecular weight is 366 g/mol. The van der Waals surface area contributed by atoms with E-state index in [0.29, 0.717) is 5.56 Å². The van der Waals surface area contributed by atoms with Crippen molar-refractivity contribution in [1.82, 2.24) is 4.98 Å². The number of ketones is 1. The van der Waals surface area contributed by atoms with Gasteiger partial charge in [-0.1, -0.05) is 20.8 Å². The number of pyridine rings is 1. The number of hydrogen-bond acceptors (Lipinski definition) is 6. The first-order valence-corrected chi connectivity index (χ1v) is 11.3. The number of Topliss-reactive ketones (excluding diaryl/α,β-unsaturated/α-hetero) is 1. The minimum absolute atomic E-state index is 0.0201. The lowest BCUT2D eigenvalue weighted by molar-refractivity contribution is -0.386. The molecule has 2 rings (SSSR count). The van der Waals surface area contributed by atoms with E-state index in [1.807, 2.05) is 0 Å². The minimum atomic E-state index is -2.13. The second-order valence-corrected chi connectivity index (χ2v) is 12.7. The van der Waals surface area contributed by atoms with E-state index in [1.54, 1.807) is 6.92 Å². The van der Waals surface area contributed by atoms with Crippen LogP contribution in [0.15, 0.2) is 18.5 Å². The Balaban J connectivity index is 2.21. The summed E-state index contributed by atoms with van der Waals surface area (Å²) in [4.78, 5) is 27.2. The molecule has 138 valence electrons. The summed E-state index contributed by atoms with van der Waals surface area (Å²) in [6.45, 7) is 12.3. The Morgan fingerprint density at radius 3 is 2.56 bits per heavy atom. The summed E-state index contributed by atoms with van der Waals surface area (Å²) in [5.74, 6) is -0.0697. The van der Waals surface area contributed by atoms with E-state index in [-0.39, 0.29) is 22.9 Å². The summed E-state index contributed by atoms with van der Waals surface area (Å²) in [5.41, 5.74) is 0.252. The first-order chi connectivity index (χ1) is 11.4. The van der Waals surface area contributed by atoms with Gasteiger partial charge in [0.1, 0.15) is 12.3 Å². The molecule has 1 aromatic rings. The third-order valence-electron chi connectivity index (χ3n) is 5.11. The second-order valence-electron chi connectivity index (χ2n) is 7.99. The van der Waals surface area contributed by atoms with Crippen LogP contribution >= 0.6 is 0 Å². The highest BCUT2D eigenvalue weighted by molar-refractivity contribution is 6.74. The molecule has 1 fully saturated rings. The van der Waals surface area contributed by atoms with Crippen LogP contribution in [0.2, 0.25) is 18.1 Å². The molecule has 0 unspecified atom stereocenters. The quantitative estimate of drug-likeness (QED) is 0.457. The highest BCUT2D eigenvalue weighted by atomic mass is 28.4. The van der Waals surface area contributed by atoms with Crippen LogP contribution in [0.4, 0.5) is 5.69 Å². The van der Waals surface area contributed by atoms with Crippen LogP contribution in [-0.2, 0) is 14.0 Å². The maximum atomic E-state index is 12.7. The van der Waals surface area contributed by atoms with E-state index in [4.69, 9.17) is 9.16 Å². The van der Waals surface area contributed by atoms with E-state index >= 15 is 0 Å². The molecule has 1 aromatic heterocycles. The van der Waals surface area contributed by atoms with Gasteiger partial charge in [-0.25, -0.2) is 0 Å². The van der Waals surface area contributed by atoms with E-state index in [9.17, 15) is 14.9 Å². The molecule has 1 saturated heterocycles. The second kappa shape index (κ2) is 6.93. The van der Waals surface area contributed by atoms with Gasteiger partial charge >= 0.3 is 0 Å². The molecule has 25 heavy (non-hydrogen) atoms. The Bertz CT molecular complexity index is 671. The molecular formula is C17H26N2O5Si. The van der Waals surface area contributed by atoms with Gasteiger partial charge in [-0.2, -0.15) is 0 Å². The molecule has 0 N–H and O–H groups in total. The number of hydrogen-bond donors (Lipinski definition) is 0. The third-order valence-corrected chi connectivity index (χ3v) is 9.57. The largest absolute Gasteiger partial charge is 0.404 e. The number of nitro groups is 1. The van der Waals surface area contributed by atoms with Crippen molar-refractivity contribution in [3.63, 3.8) is 0 Å². The molecule has 1 aliphatic rings. The first kappa shape index (κ1) is 19.7. The number of carbonyl (C=O) groups excluding carboxylic acids is 1.